The van der Waals surface area contributed by atoms with Crippen LogP contribution < -0.4 is 0 Å². The second-order valence-corrected chi connectivity index (χ2v) is 6.12. The summed E-state index contributed by atoms with van der Waals surface area (Å²) >= 11 is 0. The van der Waals surface area contributed by atoms with E-state index in [1.54, 1.807) is 28.5 Å². The molecular formula is C12H16O2S2. The number of aliphatic hydroxyl groups is 1. The third kappa shape index (κ3) is 5.05. The summed E-state index contributed by atoms with van der Waals surface area (Å²) in [6.45, 7) is 1.79. The minimum absolute atomic E-state index is 0.0149. The van der Waals surface area contributed by atoms with Crippen molar-refractivity contribution in [2.45, 2.75) is 18.6 Å². The van der Waals surface area contributed by atoms with Crippen molar-refractivity contribution in [1.82, 2.24) is 0 Å². The van der Waals surface area contributed by atoms with E-state index in [4.69, 9.17) is 5.11 Å². The van der Waals surface area contributed by atoms with Crippen LogP contribution in [0.15, 0.2) is 30.3 Å². The summed E-state index contributed by atoms with van der Waals surface area (Å²) in [6.07, 6.45) is 0.763. The molecule has 0 saturated heterocycles. The highest BCUT2D eigenvalue weighted by atomic mass is 33.1. The Kier molecular flexibility index (Phi) is 6.61. The number of aliphatic hydroxyl groups excluding tert-OH is 1. The number of rotatable bonds is 7. The van der Waals surface area contributed by atoms with Crippen molar-refractivity contribution in [2.24, 2.45) is 0 Å². The largest absolute Gasteiger partial charge is 0.395 e. The molecule has 0 unspecified atom stereocenters. The SMILES string of the molecule is CC(=O)[C@H](Cc1ccccc1)SSCCO. The quantitative estimate of drug-likeness (QED) is 0.601. The van der Waals surface area contributed by atoms with Crippen LogP contribution in [0.25, 0.3) is 0 Å². The van der Waals surface area contributed by atoms with E-state index < -0.39 is 0 Å². The van der Waals surface area contributed by atoms with Crippen molar-refractivity contribution >= 4 is 27.4 Å². The van der Waals surface area contributed by atoms with E-state index in [1.807, 2.05) is 30.3 Å². The molecule has 1 N–H and O–H groups in total. The van der Waals surface area contributed by atoms with Crippen LogP contribution in [0.3, 0.4) is 0 Å². The highest BCUT2D eigenvalue weighted by Gasteiger charge is 2.15. The van der Waals surface area contributed by atoms with Crippen LogP contribution in [0.1, 0.15) is 12.5 Å². The zero-order valence-electron chi connectivity index (χ0n) is 9.26. The van der Waals surface area contributed by atoms with Crippen molar-refractivity contribution in [3.8, 4) is 0 Å². The second kappa shape index (κ2) is 7.76. The van der Waals surface area contributed by atoms with Crippen molar-refractivity contribution in [3.05, 3.63) is 35.9 Å². The smallest absolute Gasteiger partial charge is 0.143 e. The predicted octanol–water partition coefficient (Wildman–Crippen LogP) is 2.56. The van der Waals surface area contributed by atoms with Gasteiger partial charge in [-0.2, -0.15) is 0 Å². The van der Waals surface area contributed by atoms with Gasteiger partial charge in [-0.15, -0.1) is 0 Å². The Morgan fingerprint density at radius 3 is 2.62 bits per heavy atom. The molecule has 1 aromatic rings. The normalized spacial score (nSPS) is 12.4. The maximum Gasteiger partial charge on any atom is 0.143 e. The maximum absolute atomic E-state index is 11.4. The number of Topliss-reactive ketones (excluding diaryl/α,β-unsaturated/α-hetero) is 1. The molecule has 0 radical (unpaired) electrons. The number of benzene rings is 1. The van der Waals surface area contributed by atoms with Crippen LogP contribution in [0, 0.1) is 0 Å². The Labute approximate surface area is 104 Å². The van der Waals surface area contributed by atoms with Crippen molar-refractivity contribution in [3.63, 3.8) is 0 Å². The first-order chi connectivity index (χ1) is 7.74. The average molecular weight is 256 g/mol. The van der Waals surface area contributed by atoms with E-state index in [1.165, 1.54) is 5.56 Å². The fourth-order valence-electron chi connectivity index (χ4n) is 1.24. The van der Waals surface area contributed by atoms with Gasteiger partial charge in [-0.05, 0) is 18.9 Å². The number of hydrogen-bond acceptors (Lipinski definition) is 4. The minimum Gasteiger partial charge on any atom is -0.395 e. The van der Waals surface area contributed by atoms with Gasteiger partial charge in [0.2, 0.25) is 0 Å². The van der Waals surface area contributed by atoms with Crippen LogP contribution in [0.4, 0.5) is 0 Å². The van der Waals surface area contributed by atoms with Gasteiger partial charge in [0.1, 0.15) is 5.78 Å². The van der Waals surface area contributed by atoms with Crippen LogP contribution in [-0.4, -0.2) is 28.5 Å². The molecule has 1 atom stereocenters. The molecule has 0 aliphatic heterocycles. The molecule has 0 amide bonds. The molecule has 88 valence electrons. The molecule has 0 saturated carbocycles. The van der Waals surface area contributed by atoms with Gasteiger partial charge in [0, 0.05) is 5.75 Å². The number of carbonyl (C=O) groups excluding carboxylic acids is 1. The lowest BCUT2D eigenvalue weighted by Crippen LogP contribution is -2.15. The molecule has 0 bridgehead atoms. The van der Waals surface area contributed by atoms with Crippen LogP contribution in [0.2, 0.25) is 0 Å². The minimum atomic E-state index is -0.0149. The lowest BCUT2D eigenvalue weighted by atomic mass is 10.1. The Morgan fingerprint density at radius 1 is 1.38 bits per heavy atom. The molecule has 1 rings (SSSR count). The van der Waals surface area contributed by atoms with E-state index in [0.717, 1.165) is 6.42 Å². The van der Waals surface area contributed by atoms with Gasteiger partial charge < -0.3 is 5.11 Å². The second-order valence-electron chi connectivity index (χ2n) is 3.43. The summed E-state index contributed by atoms with van der Waals surface area (Å²) in [7, 11) is 3.11. The summed E-state index contributed by atoms with van der Waals surface area (Å²) in [6, 6.07) is 10.0. The van der Waals surface area contributed by atoms with Gasteiger partial charge in [-0.1, -0.05) is 51.9 Å². The van der Waals surface area contributed by atoms with Crippen molar-refractivity contribution < 1.29 is 9.90 Å². The first-order valence-corrected chi connectivity index (χ1v) is 7.55. The fraction of sp³-hybridized carbons (Fsp3) is 0.417. The lowest BCUT2D eigenvalue weighted by Gasteiger charge is -2.12. The van der Waals surface area contributed by atoms with Crippen LogP contribution >= 0.6 is 21.6 Å². The van der Waals surface area contributed by atoms with E-state index in [9.17, 15) is 4.79 Å². The molecule has 1 aromatic carbocycles. The van der Waals surface area contributed by atoms with Gasteiger partial charge in [0.25, 0.3) is 0 Å². The molecule has 2 nitrogen and oxygen atoms in total. The zero-order chi connectivity index (χ0) is 11.8. The third-order valence-electron chi connectivity index (χ3n) is 2.08. The van der Waals surface area contributed by atoms with Crippen LogP contribution in [0.5, 0.6) is 0 Å². The predicted molar refractivity (Wildman–Crippen MR) is 71.7 cm³/mol. The van der Waals surface area contributed by atoms with Gasteiger partial charge >= 0.3 is 0 Å². The van der Waals surface area contributed by atoms with Gasteiger partial charge in [-0.3, -0.25) is 4.79 Å². The summed E-state index contributed by atoms with van der Waals surface area (Å²) in [5.74, 6) is 0.864. The first kappa shape index (κ1) is 13.6. The number of carbonyl (C=O) groups is 1. The summed E-state index contributed by atoms with van der Waals surface area (Å²) in [5, 5.41) is 8.67. The Bertz CT molecular complexity index is 314. The summed E-state index contributed by atoms with van der Waals surface area (Å²) in [4.78, 5) is 11.4. The summed E-state index contributed by atoms with van der Waals surface area (Å²) < 4.78 is 0. The Hall–Kier alpha value is -0.450. The third-order valence-corrected chi connectivity index (χ3v) is 4.90. The molecule has 0 aliphatic carbocycles. The maximum atomic E-state index is 11.4. The molecule has 4 heteroatoms. The van der Waals surface area contributed by atoms with Gasteiger partial charge in [-0.25, -0.2) is 0 Å². The fourth-order valence-corrected chi connectivity index (χ4v) is 3.59. The monoisotopic (exact) mass is 256 g/mol. The van der Waals surface area contributed by atoms with E-state index in [0.29, 0.717) is 5.75 Å². The highest BCUT2D eigenvalue weighted by molar-refractivity contribution is 8.77. The van der Waals surface area contributed by atoms with Gasteiger partial charge in [0.05, 0.1) is 11.9 Å². The topological polar surface area (TPSA) is 37.3 Å². The highest BCUT2D eigenvalue weighted by Crippen LogP contribution is 2.29. The summed E-state index contributed by atoms with van der Waals surface area (Å²) in [5.41, 5.74) is 1.18. The molecule has 0 spiro atoms. The molecule has 16 heavy (non-hydrogen) atoms. The zero-order valence-corrected chi connectivity index (χ0v) is 10.9. The van der Waals surface area contributed by atoms with E-state index >= 15 is 0 Å². The molecule has 0 aliphatic rings. The molecule has 0 fully saturated rings. The van der Waals surface area contributed by atoms with E-state index in [2.05, 4.69) is 0 Å². The van der Waals surface area contributed by atoms with Crippen molar-refractivity contribution in [1.29, 1.82) is 0 Å². The Balaban J connectivity index is 2.48. The van der Waals surface area contributed by atoms with Gasteiger partial charge in [0.15, 0.2) is 0 Å². The van der Waals surface area contributed by atoms with E-state index in [-0.39, 0.29) is 17.6 Å². The first-order valence-electron chi connectivity index (χ1n) is 5.17. The number of ketones is 1. The number of hydrogen-bond donors (Lipinski definition) is 1. The van der Waals surface area contributed by atoms with Crippen LogP contribution in [-0.2, 0) is 11.2 Å². The Morgan fingerprint density at radius 2 is 2.06 bits per heavy atom. The molecule has 0 heterocycles. The molecular weight excluding hydrogens is 240 g/mol. The standard InChI is InChI=1S/C12H16O2S2/c1-10(14)12(16-15-8-7-13)9-11-5-3-2-4-6-11/h2-6,12-13H,7-9H2,1H3/t12-/m0/s1. The van der Waals surface area contributed by atoms with Crippen molar-refractivity contribution in [2.75, 3.05) is 12.4 Å². The molecule has 0 aromatic heterocycles. The average Bonchev–Trinajstić information content (AvgIpc) is 2.29. The lowest BCUT2D eigenvalue weighted by molar-refractivity contribution is -0.116.